The standard InChI is InChI=1S/C10H19N3O2/c1-4-6-15-7-5-13-8-9(11-12-13)10(2,3)14/h8,14H,4-7H2,1-3H3. The molecule has 0 atom stereocenters. The third-order valence-corrected chi connectivity index (χ3v) is 1.98. The normalized spacial score (nSPS) is 12.0. The Kier molecular flexibility index (Phi) is 4.23. The molecule has 0 saturated heterocycles. The van der Waals surface area contributed by atoms with Gasteiger partial charge in [-0.15, -0.1) is 5.10 Å². The first-order valence-electron chi connectivity index (χ1n) is 5.24. The Bertz CT molecular complexity index is 291. The molecule has 0 unspecified atom stereocenters. The molecule has 5 nitrogen and oxygen atoms in total. The molecule has 0 saturated carbocycles. The lowest BCUT2D eigenvalue weighted by atomic mass is 10.1. The minimum atomic E-state index is -0.928. The van der Waals surface area contributed by atoms with E-state index >= 15 is 0 Å². The fraction of sp³-hybridized carbons (Fsp3) is 0.800. The molecule has 0 amide bonds. The highest BCUT2D eigenvalue weighted by atomic mass is 16.5. The summed E-state index contributed by atoms with van der Waals surface area (Å²) < 4.78 is 7.01. The fourth-order valence-electron chi connectivity index (χ4n) is 1.09. The molecule has 1 rings (SSSR count). The molecule has 15 heavy (non-hydrogen) atoms. The third-order valence-electron chi connectivity index (χ3n) is 1.98. The minimum Gasteiger partial charge on any atom is -0.384 e. The number of aromatic nitrogens is 3. The molecule has 0 aliphatic carbocycles. The molecule has 0 fully saturated rings. The summed E-state index contributed by atoms with van der Waals surface area (Å²) >= 11 is 0. The largest absolute Gasteiger partial charge is 0.384 e. The highest BCUT2D eigenvalue weighted by Crippen LogP contribution is 2.15. The Morgan fingerprint density at radius 2 is 2.20 bits per heavy atom. The zero-order chi connectivity index (χ0) is 11.3. The van der Waals surface area contributed by atoms with Gasteiger partial charge in [-0.2, -0.15) is 0 Å². The van der Waals surface area contributed by atoms with Gasteiger partial charge in [0, 0.05) is 6.61 Å². The number of aliphatic hydroxyl groups is 1. The van der Waals surface area contributed by atoms with Gasteiger partial charge >= 0.3 is 0 Å². The van der Waals surface area contributed by atoms with Crippen LogP contribution in [-0.4, -0.2) is 33.3 Å². The Balaban J connectivity index is 2.40. The van der Waals surface area contributed by atoms with Crippen LogP contribution in [0, 0.1) is 0 Å². The topological polar surface area (TPSA) is 60.2 Å². The van der Waals surface area contributed by atoms with Gasteiger partial charge < -0.3 is 9.84 Å². The average molecular weight is 213 g/mol. The van der Waals surface area contributed by atoms with Crippen LogP contribution in [0.2, 0.25) is 0 Å². The Morgan fingerprint density at radius 1 is 1.47 bits per heavy atom. The molecule has 0 aromatic carbocycles. The molecule has 0 aliphatic heterocycles. The van der Waals surface area contributed by atoms with Crippen LogP contribution in [0.15, 0.2) is 6.20 Å². The quantitative estimate of drug-likeness (QED) is 0.714. The van der Waals surface area contributed by atoms with Gasteiger partial charge in [-0.3, -0.25) is 0 Å². The van der Waals surface area contributed by atoms with E-state index < -0.39 is 5.60 Å². The van der Waals surface area contributed by atoms with Crippen molar-refractivity contribution in [2.24, 2.45) is 0 Å². The molecule has 1 aromatic heterocycles. The Morgan fingerprint density at radius 3 is 2.73 bits per heavy atom. The van der Waals surface area contributed by atoms with Crippen molar-refractivity contribution in [2.45, 2.75) is 39.3 Å². The number of ether oxygens (including phenoxy) is 1. The predicted octanol–water partition coefficient (Wildman–Crippen LogP) is 0.932. The molecule has 86 valence electrons. The van der Waals surface area contributed by atoms with Crippen molar-refractivity contribution >= 4 is 0 Å². The van der Waals surface area contributed by atoms with Crippen molar-refractivity contribution in [1.29, 1.82) is 0 Å². The molecule has 0 radical (unpaired) electrons. The van der Waals surface area contributed by atoms with E-state index in [1.165, 1.54) is 0 Å². The second-order valence-corrected chi connectivity index (χ2v) is 4.04. The first-order chi connectivity index (χ1) is 7.04. The maximum atomic E-state index is 9.66. The van der Waals surface area contributed by atoms with E-state index in [-0.39, 0.29) is 0 Å². The van der Waals surface area contributed by atoms with Crippen molar-refractivity contribution in [2.75, 3.05) is 13.2 Å². The van der Waals surface area contributed by atoms with Crippen LogP contribution in [0.1, 0.15) is 32.9 Å². The van der Waals surface area contributed by atoms with Gasteiger partial charge in [0.05, 0.1) is 19.3 Å². The first-order valence-corrected chi connectivity index (χ1v) is 5.24. The lowest BCUT2D eigenvalue weighted by Gasteiger charge is -2.11. The monoisotopic (exact) mass is 213 g/mol. The zero-order valence-electron chi connectivity index (χ0n) is 9.60. The third kappa shape index (κ3) is 3.97. The second-order valence-electron chi connectivity index (χ2n) is 4.04. The lowest BCUT2D eigenvalue weighted by molar-refractivity contribution is 0.0736. The van der Waals surface area contributed by atoms with E-state index in [4.69, 9.17) is 4.74 Å². The molecule has 0 spiro atoms. The minimum absolute atomic E-state index is 0.581. The average Bonchev–Trinajstić information content (AvgIpc) is 2.60. The predicted molar refractivity (Wildman–Crippen MR) is 56.4 cm³/mol. The Hall–Kier alpha value is -0.940. The highest BCUT2D eigenvalue weighted by molar-refractivity contribution is 5.02. The maximum Gasteiger partial charge on any atom is 0.114 e. The van der Waals surface area contributed by atoms with Gasteiger partial charge in [-0.1, -0.05) is 12.1 Å². The summed E-state index contributed by atoms with van der Waals surface area (Å²) in [5.74, 6) is 0. The van der Waals surface area contributed by atoms with Crippen LogP contribution < -0.4 is 0 Å². The van der Waals surface area contributed by atoms with Crippen molar-refractivity contribution in [3.05, 3.63) is 11.9 Å². The molecule has 1 aromatic rings. The molecule has 1 heterocycles. The van der Waals surface area contributed by atoms with Gasteiger partial charge in [0.15, 0.2) is 0 Å². The van der Waals surface area contributed by atoms with E-state index in [0.717, 1.165) is 13.0 Å². The summed E-state index contributed by atoms with van der Waals surface area (Å²) in [5, 5.41) is 17.5. The summed E-state index contributed by atoms with van der Waals surface area (Å²) in [7, 11) is 0. The fourth-order valence-corrected chi connectivity index (χ4v) is 1.09. The van der Waals surface area contributed by atoms with Gasteiger partial charge in [0.1, 0.15) is 11.3 Å². The van der Waals surface area contributed by atoms with E-state index in [2.05, 4.69) is 17.2 Å². The van der Waals surface area contributed by atoms with Crippen LogP contribution >= 0.6 is 0 Å². The molecule has 0 aliphatic rings. The summed E-state index contributed by atoms with van der Waals surface area (Å²) in [6, 6.07) is 0. The molecular weight excluding hydrogens is 194 g/mol. The molecule has 0 bridgehead atoms. The summed E-state index contributed by atoms with van der Waals surface area (Å²) in [6.45, 7) is 7.52. The number of hydrogen-bond donors (Lipinski definition) is 1. The van der Waals surface area contributed by atoms with Crippen molar-refractivity contribution in [3.8, 4) is 0 Å². The van der Waals surface area contributed by atoms with Crippen LogP contribution in [0.5, 0.6) is 0 Å². The smallest absolute Gasteiger partial charge is 0.114 e. The van der Waals surface area contributed by atoms with E-state index in [1.807, 2.05) is 0 Å². The summed E-state index contributed by atoms with van der Waals surface area (Å²) in [6.07, 6.45) is 2.77. The second kappa shape index (κ2) is 5.23. The van der Waals surface area contributed by atoms with Crippen LogP contribution in [0.25, 0.3) is 0 Å². The van der Waals surface area contributed by atoms with Gasteiger partial charge in [-0.05, 0) is 20.3 Å². The van der Waals surface area contributed by atoms with Crippen molar-refractivity contribution in [1.82, 2.24) is 15.0 Å². The van der Waals surface area contributed by atoms with Gasteiger partial charge in [0.25, 0.3) is 0 Å². The summed E-state index contributed by atoms with van der Waals surface area (Å²) in [5.41, 5.74) is -0.347. The van der Waals surface area contributed by atoms with E-state index in [1.54, 1.807) is 24.7 Å². The van der Waals surface area contributed by atoms with Crippen LogP contribution in [0.3, 0.4) is 0 Å². The van der Waals surface area contributed by atoms with Gasteiger partial charge in [0.2, 0.25) is 0 Å². The Labute approximate surface area is 90.1 Å². The van der Waals surface area contributed by atoms with Gasteiger partial charge in [-0.25, -0.2) is 4.68 Å². The lowest BCUT2D eigenvalue weighted by Crippen LogP contribution is -2.16. The molecule has 1 N–H and O–H groups in total. The highest BCUT2D eigenvalue weighted by Gasteiger charge is 2.19. The van der Waals surface area contributed by atoms with Crippen molar-refractivity contribution < 1.29 is 9.84 Å². The number of rotatable bonds is 6. The van der Waals surface area contributed by atoms with E-state index in [0.29, 0.717) is 18.8 Å². The number of hydrogen-bond acceptors (Lipinski definition) is 4. The van der Waals surface area contributed by atoms with Crippen molar-refractivity contribution in [3.63, 3.8) is 0 Å². The molecular formula is C10H19N3O2. The SMILES string of the molecule is CCCOCCn1cc(C(C)(C)O)nn1. The first kappa shape index (κ1) is 12.1. The molecule has 5 heteroatoms. The maximum absolute atomic E-state index is 9.66. The van der Waals surface area contributed by atoms with E-state index in [9.17, 15) is 5.11 Å². The zero-order valence-corrected chi connectivity index (χ0v) is 9.60. The summed E-state index contributed by atoms with van der Waals surface area (Å²) in [4.78, 5) is 0. The van der Waals surface area contributed by atoms with Crippen LogP contribution in [-0.2, 0) is 16.9 Å². The van der Waals surface area contributed by atoms with Crippen LogP contribution in [0.4, 0.5) is 0 Å². The number of nitrogens with zero attached hydrogens (tertiary/aromatic N) is 3.